The van der Waals surface area contributed by atoms with E-state index >= 15 is 0 Å². The second-order valence-corrected chi connectivity index (χ2v) is 5.17. The molecule has 0 saturated carbocycles. The van der Waals surface area contributed by atoms with E-state index in [9.17, 15) is 0 Å². The lowest BCUT2D eigenvalue weighted by Gasteiger charge is -2.27. The first-order chi connectivity index (χ1) is 9.25. The summed E-state index contributed by atoms with van der Waals surface area (Å²) in [6.45, 7) is 1.01. The molecule has 1 aromatic carbocycles. The van der Waals surface area contributed by atoms with E-state index in [1.807, 2.05) is 12.3 Å². The second kappa shape index (κ2) is 5.02. The first kappa shape index (κ1) is 12.2. The van der Waals surface area contributed by atoms with E-state index in [4.69, 9.17) is 0 Å². The summed E-state index contributed by atoms with van der Waals surface area (Å²) in [5.74, 6) is 0. The van der Waals surface area contributed by atoms with Crippen molar-refractivity contribution < 1.29 is 0 Å². The SMILES string of the molecule is CN(C)c1ccnc(C2NCCc3ccccc32)c1. The number of fused-ring (bicyclic) bond motifs is 1. The van der Waals surface area contributed by atoms with Gasteiger partial charge in [-0.05, 0) is 29.7 Å². The summed E-state index contributed by atoms with van der Waals surface area (Å²) < 4.78 is 0. The van der Waals surface area contributed by atoms with Crippen LogP contribution in [0.15, 0.2) is 42.6 Å². The van der Waals surface area contributed by atoms with Crippen LogP contribution in [0.2, 0.25) is 0 Å². The van der Waals surface area contributed by atoms with Crippen molar-refractivity contribution in [3.05, 3.63) is 59.4 Å². The molecule has 98 valence electrons. The Bertz CT molecular complexity index is 578. The van der Waals surface area contributed by atoms with E-state index < -0.39 is 0 Å². The van der Waals surface area contributed by atoms with E-state index in [1.165, 1.54) is 16.8 Å². The molecule has 0 bridgehead atoms. The third-order valence-corrected chi connectivity index (χ3v) is 3.69. The molecule has 0 aliphatic carbocycles. The summed E-state index contributed by atoms with van der Waals surface area (Å²) in [6.07, 6.45) is 2.99. The molecule has 2 heterocycles. The van der Waals surface area contributed by atoms with E-state index in [0.717, 1.165) is 18.7 Å². The molecule has 0 radical (unpaired) electrons. The minimum absolute atomic E-state index is 0.213. The molecule has 3 heteroatoms. The van der Waals surface area contributed by atoms with E-state index in [2.05, 4.69) is 59.6 Å². The molecule has 1 aromatic heterocycles. The predicted molar refractivity (Wildman–Crippen MR) is 78.6 cm³/mol. The van der Waals surface area contributed by atoms with Crippen molar-refractivity contribution in [1.29, 1.82) is 0 Å². The highest BCUT2D eigenvalue weighted by Gasteiger charge is 2.21. The van der Waals surface area contributed by atoms with Crippen LogP contribution in [0.5, 0.6) is 0 Å². The van der Waals surface area contributed by atoms with Crippen LogP contribution in [0, 0.1) is 0 Å². The largest absolute Gasteiger partial charge is 0.378 e. The zero-order chi connectivity index (χ0) is 13.2. The van der Waals surface area contributed by atoms with Gasteiger partial charge in [0.1, 0.15) is 0 Å². The third kappa shape index (κ3) is 2.34. The molecule has 0 spiro atoms. The van der Waals surface area contributed by atoms with Crippen LogP contribution in [0.4, 0.5) is 5.69 Å². The number of nitrogens with one attached hydrogen (secondary N) is 1. The van der Waals surface area contributed by atoms with Gasteiger partial charge in [-0.1, -0.05) is 24.3 Å². The third-order valence-electron chi connectivity index (χ3n) is 3.69. The van der Waals surface area contributed by atoms with Crippen molar-refractivity contribution in [3.63, 3.8) is 0 Å². The van der Waals surface area contributed by atoms with Gasteiger partial charge in [0.2, 0.25) is 0 Å². The lowest BCUT2D eigenvalue weighted by atomic mass is 9.92. The maximum Gasteiger partial charge on any atom is 0.0755 e. The first-order valence-corrected chi connectivity index (χ1v) is 6.70. The van der Waals surface area contributed by atoms with Gasteiger partial charge in [-0.15, -0.1) is 0 Å². The Morgan fingerprint density at radius 2 is 2.05 bits per heavy atom. The van der Waals surface area contributed by atoms with E-state index in [1.54, 1.807) is 0 Å². The highest BCUT2D eigenvalue weighted by molar-refractivity contribution is 5.47. The quantitative estimate of drug-likeness (QED) is 0.890. The van der Waals surface area contributed by atoms with Crippen molar-refractivity contribution in [2.45, 2.75) is 12.5 Å². The fourth-order valence-corrected chi connectivity index (χ4v) is 2.64. The molecule has 1 N–H and O–H groups in total. The minimum Gasteiger partial charge on any atom is -0.378 e. The molecule has 1 atom stereocenters. The zero-order valence-electron chi connectivity index (χ0n) is 11.4. The Morgan fingerprint density at radius 3 is 2.89 bits per heavy atom. The van der Waals surface area contributed by atoms with Crippen LogP contribution >= 0.6 is 0 Å². The molecule has 0 fully saturated rings. The zero-order valence-corrected chi connectivity index (χ0v) is 11.4. The number of anilines is 1. The second-order valence-electron chi connectivity index (χ2n) is 5.17. The molecule has 2 aromatic rings. The van der Waals surface area contributed by atoms with Crippen molar-refractivity contribution >= 4 is 5.69 Å². The smallest absolute Gasteiger partial charge is 0.0755 e. The van der Waals surface area contributed by atoms with Crippen LogP contribution in [0.3, 0.4) is 0 Å². The number of aromatic nitrogens is 1. The Labute approximate surface area is 114 Å². The summed E-state index contributed by atoms with van der Waals surface area (Å²) in [7, 11) is 4.11. The van der Waals surface area contributed by atoms with Gasteiger partial charge < -0.3 is 10.2 Å². The monoisotopic (exact) mass is 253 g/mol. The molecule has 19 heavy (non-hydrogen) atoms. The van der Waals surface area contributed by atoms with Gasteiger partial charge >= 0.3 is 0 Å². The van der Waals surface area contributed by atoms with Gasteiger partial charge in [0.15, 0.2) is 0 Å². The van der Waals surface area contributed by atoms with Crippen LogP contribution in [0.25, 0.3) is 0 Å². The topological polar surface area (TPSA) is 28.2 Å². The van der Waals surface area contributed by atoms with Crippen molar-refractivity contribution in [3.8, 4) is 0 Å². The Morgan fingerprint density at radius 1 is 1.21 bits per heavy atom. The molecular formula is C16H19N3. The van der Waals surface area contributed by atoms with Gasteiger partial charge in [-0.3, -0.25) is 4.98 Å². The standard InChI is InChI=1S/C16H19N3/c1-19(2)13-8-10-17-15(11-13)16-14-6-4-3-5-12(14)7-9-18-16/h3-6,8,10-11,16,18H,7,9H2,1-2H3. The number of hydrogen-bond acceptors (Lipinski definition) is 3. The summed E-state index contributed by atoms with van der Waals surface area (Å²) in [5, 5.41) is 3.58. The normalized spacial score (nSPS) is 17.9. The number of pyridine rings is 1. The van der Waals surface area contributed by atoms with E-state index in [-0.39, 0.29) is 6.04 Å². The number of rotatable bonds is 2. The Hall–Kier alpha value is -1.87. The highest BCUT2D eigenvalue weighted by Crippen LogP contribution is 2.28. The van der Waals surface area contributed by atoms with Crippen LogP contribution < -0.4 is 10.2 Å². The Balaban J connectivity index is 2.01. The van der Waals surface area contributed by atoms with Crippen molar-refractivity contribution in [2.24, 2.45) is 0 Å². The van der Waals surface area contributed by atoms with Crippen molar-refractivity contribution in [2.75, 3.05) is 25.5 Å². The number of benzene rings is 1. The molecule has 3 rings (SSSR count). The van der Waals surface area contributed by atoms with Crippen LogP contribution in [-0.4, -0.2) is 25.6 Å². The maximum absolute atomic E-state index is 4.56. The van der Waals surface area contributed by atoms with Crippen LogP contribution in [0.1, 0.15) is 22.9 Å². The summed E-state index contributed by atoms with van der Waals surface area (Å²) in [4.78, 5) is 6.67. The summed E-state index contributed by atoms with van der Waals surface area (Å²) in [5.41, 5.74) is 5.08. The van der Waals surface area contributed by atoms with Gasteiger partial charge in [0.25, 0.3) is 0 Å². The van der Waals surface area contributed by atoms with Gasteiger partial charge in [0.05, 0.1) is 11.7 Å². The predicted octanol–water partition coefficient (Wildman–Crippen LogP) is 2.38. The molecule has 3 nitrogen and oxygen atoms in total. The van der Waals surface area contributed by atoms with Gasteiger partial charge in [0, 0.05) is 32.5 Å². The average molecular weight is 253 g/mol. The fraction of sp³-hybridized carbons (Fsp3) is 0.312. The first-order valence-electron chi connectivity index (χ1n) is 6.70. The maximum atomic E-state index is 4.56. The number of hydrogen-bond donors (Lipinski definition) is 1. The van der Waals surface area contributed by atoms with Crippen molar-refractivity contribution in [1.82, 2.24) is 10.3 Å². The molecular weight excluding hydrogens is 234 g/mol. The lowest BCUT2D eigenvalue weighted by Crippen LogP contribution is -2.31. The van der Waals surface area contributed by atoms with Gasteiger partial charge in [-0.25, -0.2) is 0 Å². The Kier molecular flexibility index (Phi) is 3.22. The molecule has 0 saturated heterocycles. The lowest BCUT2D eigenvalue weighted by molar-refractivity contribution is 0.557. The minimum atomic E-state index is 0.213. The highest BCUT2D eigenvalue weighted by atomic mass is 15.1. The molecule has 1 aliphatic heterocycles. The molecule has 1 unspecified atom stereocenters. The molecule has 1 aliphatic rings. The average Bonchev–Trinajstić information content (AvgIpc) is 2.47. The van der Waals surface area contributed by atoms with Gasteiger partial charge in [-0.2, -0.15) is 0 Å². The van der Waals surface area contributed by atoms with Crippen LogP contribution in [-0.2, 0) is 6.42 Å². The van der Waals surface area contributed by atoms with E-state index in [0.29, 0.717) is 0 Å². The molecule has 0 amide bonds. The summed E-state index contributed by atoms with van der Waals surface area (Å²) in [6, 6.07) is 13.1. The summed E-state index contributed by atoms with van der Waals surface area (Å²) >= 11 is 0. The fourth-order valence-electron chi connectivity index (χ4n) is 2.64. The number of nitrogens with zero attached hydrogens (tertiary/aromatic N) is 2.